The van der Waals surface area contributed by atoms with Crippen molar-refractivity contribution in [1.82, 2.24) is 4.90 Å². The molecule has 1 aromatic rings. The van der Waals surface area contributed by atoms with E-state index in [0.717, 1.165) is 10.5 Å². The summed E-state index contributed by atoms with van der Waals surface area (Å²) in [5, 5.41) is 19.9. The number of rotatable bonds is 1. The minimum atomic E-state index is -1.34. The zero-order valence-electron chi connectivity index (χ0n) is 12.0. The summed E-state index contributed by atoms with van der Waals surface area (Å²) < 4.78 is 5.11. The standard InChI is InChI=1S/C15H16N2O5/c1-8-5-12-14(19)17(15(20)21)11-4-3-9(22-2)6-10(11)13(18)16(12)7-8/h3-4,6,12,14,19H,1,5,7H2,2H3,(H,20,21). The van der Waals surface area contributed by atoms with Crippen LogP contribution in [0.1, 0.15) is 16.8 Å². The molecular formula is C15H16N2O5. The largest absolute Gasteiger partial charge is 0.497 e. The molecule has 0 spiro atoms. The maximum Gasteiger partial charge on any atom is 0.414 e. The fraction of sp³-hybridized carbons (Fsp3) is 0.333. The fourth-order valence-electron chi connectivity index (χ4n) is 3.03. The molecule has 1 aromatic carbocycles. The van der Waals surface area contributed by atoms with E-state index in [0.29, 0.717) is 18.7 Å². The molecule has 3 rings (SSSR count). The van der Waals surface area contributed by atoms with Crippen molar-refractivity contribution in [2.75, 3.05) is 18.6 Å². The zero-order chi connectivity index (χ0) is 16.0. The number of fused-ring (bicyclic) bond motifs is 2. The predicted molar refractivity (Wildman–Crippen MR) is 78.1 cm³/mol. The first-order chi connectivity index (χ1) is 10.4. The third-order valence-electron chi connectivity index (χ3n) is 4.06. The van der Waals surface area contributed by atoms with E-state index in [2.05, 4.69) is 6.58 Å². The Morgan fingerprint density at radius 1 is 1.45 bits per heavy atom. The van der Waals surface area contributed by atoms with Crippen LogP contribution < -0.4 is 9.64 Å². The highest BCUT2D eigenvalue weighted by Gasteiger charge is 2.45. The second kappa shape index (κ2) is 5.03. The summed E-state index contributed by atoms with van der Waals surface area (Å²) in [6.07, 6.45) is -2.27. The van der Waals surface area contributed by atoms with Crippen LogP contribution in [-0.2, 0) is 0 Å². The van der Waals surface area contributed by atoms with Gasteiger partial charge in [0.15, 0.2) is 6.23 Å². The van der Waals surface area contributed by atoms with Gasteiger partial charge in [0.1, 0.15) is 5.75 Å². The lowest BCUT2D eigenvalue weighted by Crippen LogP contribution is -2.50. The molecule has 2 N–H and O–H groups in total. The molecule has 2 aliphatic rings. The van der Waals surface area contributed by atoms with Crippen molar-refractivity contribution >= 4 is 17.7 Å². The molecule has 1 fully saturated rings. The third-order valence-corrected chi connectivity index (χ3v) is 4.06. The molecule has 0 bridgehead atoms. The zero-order valence-corrected chi connectivity index (χ0v) is 12.0. The van der Waals surface area contributed by atoms with Crippen molar-refractivity contribution in [3.05, 3.63) is 35.9 Å². The van der Waals surface area contributed by atoms with E-state index in [9.17, 15) is 19.8 Å². The highest BCUT2D eigenvalue weighted by molar-refractivity contribution is 6.05. The van der Waals surface area contributed by atoms with Crippen LogP contribution in [0.2, 0.25) is 0 Å². The molecule has 22 heavy (non-hydrogen) atoms. The maximum atomic E-state index is 12.7. The van der Waals surface area contributed by atoms with Crippen molar-refractivity contribution in [3.63, 3.8) is 0 Å². The van der Waals surface area contributed by atoms with E-state index >= 15 is 0 Å². The van der Waals surface area contributed by atoms with Crippen molar-refractivity contribution in [2.24, 2.45) is 0 Å². The van der Waals surface area contributed by atoms with Crippen LogP contribution in [0.25, 0.3) is 0 Å². The first-order valence-corrected chi connectivity index (χ1v) is 6.80. The average Bonchev–Trinajstić information content (AvgIpc) is 2.85. The van der Waals surface area contributed by atoms with E-state index < -0.39 is 18.4 Å². The lowest BCUT2D eigenvalue weighted by molar-refractivity contribution is 0.0511. The number of benzene rings is 1. The lowest BCUT2D eigenvalue weighted by atomic mass is 10.1. The number of carboxylic acid groups (broad SMARTS) is 1. The van der Waals surface area contributed by atoms with Crippen LogP contribution in [0, 0.1) is 0 Å². The maximum absolute atomic E-state index is 12.7. The molecule has 2 heterocycles. The summed E-state index contributed by atoms with van der Waals surface area (Å²) in [7, 11) is 1.47. The number of methoxy groups -OCH3 is 1. The number of carbonyl (C=O) groups is 2. The molecule has 0 radical (unpaired) electrons. The lowest BCUT2D eigenvalue weighted by Gasteiger charge is -2.30. The van der Waals surface area contributed by atoms with Crippen molar-refractivity contribution in [3.8, 4) is 5.75 Å². The Bertz CT molecular complexity index is 672. The molecule has 1 saturated heterocycles. The molecule has 2 atom stereocenters. The summed E-state index contributed by atoms with van der Waals surface area (Å²) >= 11 is 0. The van der Waals surface area contributed by atoms with Crippen molar-refractivity contribution in [1.29, 1.82) is 0 Å². The molecule has 7 nitrogen and oxygen atoms in total. The summed E-state index contributed by atoms with van der Waals surface area (Å²) in [4.78, 5) is 26.6. The smallest absolute Gasteiger partial charge is 0.414 e. The van der Waals surface area contributed by atoms with Crippen LogP contribution in [-0.4, -0.2) is 53.0 Å². The van der Waals surface area contributed by atoms with Gasteiger partial charge in [-0.3, -0.25) is 4.79 Å². The van der Waals surface area contributed by atoms with Gasteiger partial charge >= 0.3 is 6.09 Å². The van der Waals surface area contributed by atoms with Crippen molar-refractivity contribution in [2.45, 2.75) is 18.7 Å². The van der Waals surface area contributed by atoms with Crippen LogP contribution in [0.5, 0.6) is 5.75 Å². The monoisotopic (exact) mass is 304 g/mol. The SMILES string of the molecule is C=C1CC2C(O)N(C(=O)O)c3ccc(OC)cc3C(=O)N2C1. The molecule has 2 amide bonds. The van der Waals surface area contributed by atoms with Crippen LogP contribution >= 0.6 is 0 Å². The van der Waals surface area contributed by atoms with E-state index in [4.69, 9.17) is 4.74 Å². The second-order valence-electron chi connectivity index (χ2n) is 5.40. The summed E-state index contributed by atoms with van der Waals surface area (Å²) in [5.41, 5.74) is 1.14. The van der Waals surface area contributed by atoms with Gasteiger partial charge in [-0.25, -0.2) is 9.69 Å². The Morgan fingerprint density at radius 2 is 2.18 bits per heavy atom. The van der Waals surface area contributed by atoms with Crippen LogP contribution in [0.4, 0.5) is 10.5 Å². The molecule has 7 heteroatoms. The molecule has 0 aliphatic carbocycles. The number of nitrogens with zero attached hydrogens (tertiary/aromatic N) is 2. The van der Waals surface area contributed by atoms with E-state index in [1.807, 2.05) is 0 Å². The van der Waals surface area contributed by atoms with Gasteiger partial charge in [0.05, 0.1) is 24.4 Å². The third kappa shape index (κ3) is 2.01. The predicted octanol–water partition coefficient (Wildman–Crippen LogP) is 1.28. The summed E-state index contributed by atoms with van der Waals surface area (Å²) in [6.45, 7) is 4.15. The van der Waals surface area contributed by atoms with Gasteiger partial charge in [0.2, 0.25) is 0 Å². The van der Waals surface area contributed by atoms with Gasteiger partial charge in [-0.1, -0.05) is 12.2 Å². The Kier molecular flexibility index (Phi) is 3.29. The molecule has 2 aliphatic heterocycles. The van der Waals surface area contributed by atoms with Crippen LogP contribution in [0.3, 0.4) is 0 Å². The van der Waals surface area contributed by atoms with Gasteiger partial charge in [0, 0.05) is 6.54 Å². The number of aliphatic hydroxyl groups excluding tert-OH is 1. The number of hydrogen-bond acceptors (Lipinski definition) is 4. The van der Waals surface area contributed by atoms with Gasteiger partial charge in [-0.05, 0) is 24.6 Å². The number of anilines is 1. The molecule has 0 aromatic heterocycles. The molecule has 0 saturated carbocycles. The van der Waals surface area contributed by atoms with Gasteiger partial charge < -0.3 is 19.8 Å². The number of aliphatic hydroxyl groups is 1. The van der Waals surface area contributed by atoms with Crippen LogP contribution in [0.15, 0.2) is 30.4 Å². The first kappa shape index (κ1) is 14.4. The minimum absolute atomic E-state index is 0.158. The molecular weight excluding hydrogens is 288 g/mol. The second-order valence-corrected chi connectivity index (χ2v) is 5.40. The van der Waals surface area contributed by atoms with Gasteiger partial charge in [0.25, 0.3) is 5.91 Å². The summed E-state index contributed by atoms with van der Waals surface area (Å²) in [5.74, 6) is 0.115. The molecule has 2 unspecified atom stereocenters. The van der Waals surface area contributed by atoms with Gasteiger partial charge in [-0.15, -0.1) is 0 Å². The first-order valence-electron chi connectivity index (χ1n) is 6.80. The minimum Gasteiger partial charge on any atom is -0.497 e. The highest BCUT2D eigenvalue weighted by Crippen LogP contribution is 2.37. The van der Waals surface area contributed by atoms with Crippen molar-refractivity contribution < 1.29 is 24.5 Å². The topological polar surface area (TPSA) is 90.3 Å². The van der Waals surface area contributed by atoms with E-state index in [1.54, 1.807) is 6.07 Å². The van der Waals surface area contributed by atoms with E-state index in [-0.39, 0.29) is 17.2 Å². The highest BCUT2D eigenvalue weighted by atomic mass is 16.5. The fourth-order valence-corrected chi connectivity index (χ4v) is 3.03. The Balaban J connectivity index is 2.19. The summed E-state index contributed by atoms with van der Waals surface area (Å²) in [6, 6.07) is 3.89. The molecule has 116 valence electrons. The average molecular weight is 304 g/mol. The Labute approximate surface area is 127 Å². The number of amides is 2. The number of carbonyl (C=O) groups excluding carboxylic acids is 1. The normalized spacial score (nSPS) is 23.9. The van der Waals surface area contributed by atoms with E-state index in [1.165, 1.54) is 24.1 Å². The Hall–Kier alpha value is -2.54. The van der Waals surface area contributed by atoms with Gasteiger partial charge in [-0.2, -0.15) is 0 Å². The number of ether oxygens (including phenoxy) is 1. The quantitative estimate of drug-likeness (QED) is 0.763. The number of hydrogen-bond donors (Lipinski definition) is 2. The Morgan fingerprint density at radius 3 is 2.82 bits per heavy atom.